The number of carbonyl (C=O) groups excluding carboxylic acids is 1. The highest BCUT2D eigenvalue weighted by Crippen LogP contribution is 2.23. The van der Waals surface area contributed by atoms with E-state index < -0.39 is 0 Å². The molecule has 0 aliphatic heterocycles. The van der Waals surface area contributed by atoms with Gasteiger partial charge in [-0.15, -0.1) is 0 Å². The van der Waals surface area contributed by atoms with Crippen LogP contribution in [0.3, 0.4) is 0 Å². The molecule has 0 saturated heterocycles. The van der Waals surface area contributed by atoms with Gasteiger partial charge in [-0.3, -0.25) is 4.79 Å². The molecule has 0 aromatic heterocycles. The van der Waals surface area contributed by atoms with Gasteiger partial charge in [-0.25, -0.2) is 0 Å². The molecule has 112 valence electrons. The van der Waals surface area contributed by atoms with Crippen LogP contribution in [-0.4, -0.2) is 5.12 Å². The normalized spacial score (nSPS) is 10.2. The SMILES string of the molecule is CCCCCc1ccc(SC(=O)c2ccc(C#N)cc2)cc1. The zero-order valence-electron chi connectivity index (χ0n) is 12.7. The van der Waals surface area contributed by atoms with Crippen molar-refractivity contribution in [2.45, 2.75) is 37.5 Å². The average molecular weight is 309 g/mol. The molecule has 2 aromatic rings. The summed E-state index contributed by atoms with van der Waals surface area (Å²) in [6, 6.07) is 17.0. The Morgan fingerprint density at radius 3 is 2.32 bits per heavy atom. The van der Waals surface area contributed by atoms with Crippen molar-refractivity contribution < 1.29 is 4.79 Å². The highest BCUT2D eigenvalue weighted by molar-refractivity contribution is 8.14. The van der Waals surface area contributed by atoms with Gasteiger partial charge in [-0.05, 0) is 66.6 Å². The summed E-state index contributed by atoms with van der Waals surface area (Å²) < 4.78 is 0. The van der Waals surface area contributed by atoms with Crippen LogP contribution in [0.4, 0.5) is 0 Å². The van der Waals surface area contributed by atoms with Gasteiger partial charge in [-0.2, -0.15) is 5.26 Å². The lowest BCUT2D eigenvalue weighted by Crippen LogP contribution is -1.93. The Morgan fingerprint density at radius 1 is 1.05 bits per heavy atom. The first-order valence-electron chi connectivity index (χ1n) is 7.54. The Kier molecular flexibility index (Phi) is 6.24. The second-order valence-corrected chi connectivity index (χ2v) is 6.23. The monoisotopic (exact) mass is 309 g/mol. The van der Waals surface area contributed by atoms with Crippen molar-refractivity contribution in [2.75, 3.05) is 0 Å². The smallest absolute Gasteiger partial charge is 0.224 e. The van der Waals surface area contributed by atoms with E-state index in [0.29, 0.717) is 11.1 Å². The van der Waals surface area contributed by atoms with E-state index in [0.717, 1.165) is 11.3 Å². The fourth-order valence-corrected chi connectivity index (χ4v) is 2.89. The standard InChI is InChI=1S/C19H19NOS/c1-2-3-4-5-15-8-12-18(13-9-15)22-19(21)17-10-6-16(14-20)7-11-17/h6-13H,2-5H2,1H3. The van der Waals surface area contributed by atoms with E-state index in [1.807, 2.05) is 12.1 Å². The van der Waals surface area contributed by atoms with E-state index in [-0.39, 0.29) is 5.12 Å². The molecule has 3 heteroatoms. The van der Waals surface area contributed by atoms with Crippen LogP contribution in [0.2, 0.25) is 0 Å². The Labute approximate surface area is 136 Å². The van der Waals surface area contributed by atoms with Crippen molar-refractivity contribution in [1.29, 1.82) is 5.26 Å². The molecule has 2 rings (SSSR count). The number of hydrogen-bond acceptors (Lipinski definition) is 3. The van der Waals surface area contributed by atoms with Crippen LogP contribution in [0, 0.1) is 11.3 Å². The maximum Gasteiger partial charge on any atom is 0.224 e. The first-order chi connectivity index (χ1) is 10.7. The van der Waals surface area contributed by atoms with E-state index >= 15 is 0 Å². The van der Waals surface area contributed by atoms with Crippen LogP contribution in [-0.2, 0) is 6.42 Å². The first kappa shape index (κ1) is 16.3. The Morgan fingerprint density at radius 2 is 1.73 bits per heavy atom. The van der Waals surface area contributed by atoms with Crippen LogP contribution in [0.5, 0.6) is 0 Å². The second kappa shape index (κ2) is 8.41. The summed E-state index contributed by atoms with van der Waals surface area (Å²) >= 11 is 1.23. The third kappa shape index (κ3) is 4.75. The van der Waals surface area contributed by atoms with Gasteiger partial charge >= 0.3 is 0 Å². The van der Waals surface area contributed by atoms with Gasteiger partial charge in [0.05, 0.1) is 11.6 Å². The van der Waals surface area contributed by atoms with Gasteiger partial charge in [-0.1, -0.05) is 31.9 Å². The zero-order valence-corrected chi connectivity index (χ0v) is 13.5. The minimum absolute atomic E-state index is 0.00298. The molecule has 0 spiro atoms. The van der Waals surface area contributed by atoms with Crippen molar-refractivity contribution in [1.82, 2.24) is 0 Å². The largest absolute Gasteiger partial charge is 0.281 e. The molecule has 0 radical (unpaired) electrons. The number of unbranched alkanes of at least 4 members (excludes halogenated alkanes) is 2. The summed E-state index contributed by atoms with van der Waals surface area (Å²) in [5.41, 5.74) is 2.51. The summed E-state index contributed by atoms with van der Waals surface area (Å²) in [4.78, 5) is 13.1. The highest BCUT2D eigenvalue weighted by Gasteiger charge is 2.08. The molecule has 0 aliphatic carbocycles. The molecular weight excluding hydrogens is 290 g/mol. The lowest BCUT2D eigenvalue weighted by atomic mass is 10.1. The Balaban J connectivity index is 1.94. The van der Waals surface area contributed by atoms with Crippen molar-refractivity contribution in [3.05, 3.63) is 65.2 Å². The molecule has 0 heterocycles. The molecule has 2 nitrogen and oxygen atoms in total. The van der Waals surface area contributed by atoms with Gasteiger partial charge in [0.25, 0.3) is 0 Å². The van der Waals surface area contributed by atoms with Crippen molar-refractivity contribution in [2.24, 2.45) is 0 Å². The quantitative estimate of drug-likeness (QED) is 0.542. The fraction of sp³-hybridized carbons (Fsp3) is 0.263. The number of rotatable bonds is 6. The summed E-state index contributed by atoms with van der Waals surface area (Å²) in [6.45, 7) is 2.20. The maximum atomic E-state index is 12.2. The second-order valence-electron chi connectivity index (χ2n) is 5.18. The minimum Gasteiger partial charge on any atom is -0.281 e. The molecule has 0 saturated carbocycles. The molecule has 2 aromatic carbocycles. The van der Waals surface area contributed by atoms with Crippen LogP contribution >= 0.6 is 11.8 Å². The lowest BCUT2D eigenvalue weighted by molar-refractivity contribution is 0.108. The van der Waals surface area contributed by atoms with E-state index in [1.165, 1.54) is 36.6 Å². The summed E-state index contributed by atoms with van der Waals surface area (Å²) in [7, 11) is 0. The molecule has 0 fully saturated rings. The summed E-state index contributed by atoms with van der Waals surface area (Å²) in [5, 5.41) is 8.77. The topological polar surface area (TPSA) is 40.9 Å². The predicted molar refractivity (Wildman–Crippen MR) is 91.0 cm³/mol. The molecule has 0 aliphatic rings. The summed E-state index contributed by atoms with van der Waals surface area (Å²) in [6.07, 6.45) is 4.80. The third-order valence-electron chi connectivity index (χ3n) is 3.45. The van der Waals surface area contributed by atoms with Gasteiger partial charge < -0.3 is 0 Å². The maximum absolute atomic E-state index is 12.2. The molecule has 22 heavy (non-hydrogen) atoms. The van der Waals surface area contributed by atoms with Gasteiger partial charge in [0, 0.05) is 10.5 Å². The average Bonchev–Trinajstić information content (AvgIpc) is 2.57. The predicted octanol–water partition coefficient (Wildman–Crippen LogP) is 5.22. The molecule has 0 bridgehead atoms. The van der Waals surface area contributed by atoms with Crippen LogP contribution in [0.25, 0.3) is 0 Å². The third-order valence-corrected chi connectivity index (χ3v) is 4.38. The molecule has 0 unspecified atom stereocenters. The van der Waals surface area contributed by atoms with Crippen molar-refractivity contribution in [3.8, 4) is 6.07 Å². The Bertz CT molecular complexity index is 653. The lowest BCUT2D eigenvalue weighted by Gasteiger charge is -2.04. The minimum atomic E-state index is 0.00298. The van der Waals surface area contributed by atoms with Crippen molar-refractivity contribution >= 4 is 16.9 Å². The zero-order chi connectivity index (χ0) is 15.8. The number of carbonyl (C=O) groups is 1. The van der Waals surface area contributed by atoms with Gasteiger partial charge in [0.2, 0.25) is 5.12 Å². The number of thioether (sulfide) groups is 1. The molecule has 0 atom stereocenters. The van der Waals surface area contributed by atoms with Gasteiger partial charge in [0.15, 0.2) is 0 Å². The molecule has 0 amide bonds. The van der Waals surface area contributed by atoms with E-state index in [4.69, 9.17) is 5.26 Å². The number of benzene rings is 2. The van der Waals surface area contributed by atoms with Crippen LogP contribution in [0.1, 0.15) is 47.7 Å². The van der Waals surface area contributed by atoms with E-state index in [2.05, 4.69) is 25.1 Å². The molecular formula is C19H19NOS. The van der Waals surface area contributed by atoms with Crippen LogP contribution in [0.15, 0.2) is 53.4 Å². The van der Waals surface area contributed by atoms with Gasteiger partial charge in [0.1, 0.15) is 0 Å². The first-order valence-corrected chi connectivity index (χ1v) is 8.36. The van der Waals surface area contributed by atoms with E-state index in [1.54, 1.807) is 24.3 Å². The number of hydrogen-bond donors (Lipinski definition) is 0. The number of nitrogens with zero attached hydrogens (tertiary/aromatic N) is 1. The van der Waals surface area contributed by atoms with E-state index in [9.17, 15) is 4.79 Å². The Hall–Kier alpha value is -2.05. The summed E-state index contributed by atoms with van der Waals surface area (Å²) in [5.74, 6) is 0. The molecule has 0 N–H and O–H groups in total. The number of nitriles is 1. The highest BCUT2D eigenvalue weighted by atomic mass is 32.2. The van der Waals surface area contributed by atoms with Crippen molar-refractivity contribution in [3.63, 3.8) is 0 Å². The number of aryl methyl sites for hydroxylation is 1. The van der Waals surface area contributed by atoms with Crippen LogP contribution < -0.4 is 0 Å². The fourth-order valence-electron chi connectivity index (χ4n) is 2.15.